The molecule has 0 amide bonds. The van der Waals surface area contributed by atoms with Gasteiger partial charge in [-0.05, 0) is 17.2 Å². The van der Waals surface area contributed by atoms with Gasteiger partial charge in [0.25, 0.3) is 0 Å². The first-order chi connectivity index (χ1) is 10.7. The summed E-state index contributed by atoms with van der Waals surface area (Å²) in [6.07, 6.45) is 1.78. The van der Waals surface area contributed by atoms with Crippen molar-refractivity contribution in [2.75, 3.05) is 21.3 Å². The molecule has 1 aromatic heterocycles. The molecule has 0 radical (unpaired) electrons. The summed E-state index contributed by atoms with van der Waals surface area (Å²) in [5.74, 6) is 1.77. The highest BCUT2D eigenvalue weighted by atomic mass is 35.5. The van der Waals surface area contributed by atoms with Gasteiger partial charge in [-0.3, -0.25) is 0 Å². The quantitative estimate of drug-likeness (QED) is 0.849. The van der Waals surface area contributed by atoms with E-state index in [0.717, 1.165) is 11.1 Å². The first kappa shape index (κ1) is 16.4. The van der Waals surface area contributed by atoms with E-state index in [-0.39, 0.29) is 0 Å². The molecule has 0 unspecified atom stereocenters. The topological polar surface area (TPSA) is 52.6 Å². The van der Waals surface area contributed by atoms with Crippen LogP contribution in [-0.2, 0) is 13.1 Å². The molecule has 1 N–H and O–H groups in total. The number of aromatic nitrogens is 1. The molecule has 6 heteroatoms. The number of pyridine rings is 1. The van der Waals surface area contributed by atoms with Crippen molar-refractivity contribution in [3.63, 3.8) is 0 Å². The van der Waals surface area contributed by atoms with E-state index in [1.807, 2.05) is 24.3 Å². The Kier molecular flexibility index (Phi) is 5.86. The fourth-order valence-corrected chi connectivity index (χ4v) is 2.34. The maximum atomic E-state index is 6.34. The van der Waals surface area contributed by atoms with Gasteiger partial charge < -0.3 is 19.5 Å². The lowest BCUT2D eigenvalue weighted by Gasteiger charge is -2.13. The summed E-state index contributed by atoms with van der Waals surface area (Å²) in [4.78, 5) is 4.17. The maximum Gasteiger partial charge on any atom is 0.212 e. The normalized spacial score (nSPS) is 10.4. The minimum Gasteiger partial charge on any atom is -0.493 e. The van der Waals surface area contributed by atoms with Gasteiger partial charge in [0.2, 0.25) is 5.88 Å². The molecule has 2 rings (SSSR count). The number of nitrogens with zero attached hydrogens (tertiary/aromatic N) is 1. The lowest BCUT2D eigenvalue weighted by atomic mass is 10.2. The zero-order chi connectivity index (χ0) is 15.9. The van der Waals surface area contributed by atoms with Gasteiger partial charge in [0, 0.05) is 25.4 Å². The third-order valence-electron chi connectivity index (χ3n) is 3.22. The van der Waals surface area contributed by atoms with E-state index in [1.54, 1.807) is 27.5 Å². The Hall–Kier alpha value is -1.98. The molecule has 1 heterocycles. The summed E-state index contributed by atoms with van der Waals surface area (Å²) in [5.41, 5.74) is 2.01. The van der Waals surface area contributed by atoms with Gasteiger partial charge in [0.1, 0.15) is 0 Å². The van der Waals surface area contributed by atoms with Gasteiger partial charge >= 0.3 is 0 Å². The fraction of sp³-hybridized carbons (Fsp3) is 0.312. The molecule has 22 heavy (non-hydrogen) atoms. The van der Waals surface area contributed by atoms with Crippen molar-refractivity contribution in [2.45, 2.75) is 13.1 Å². The summed E-state index contributed by atoms with van der Waals surface area (Å²) in [5, 5.41) is 3.88. The molecule has 2 aromatic rings. The van der Waals surface area contributed by atoms with Crippen LogP contribution in [-0.4, -0.2) is 26.3 Å². The lowest BCUT2D eigenvalue weighted by molar-refractivity contribution is 0.354. The first-order valence-electron chi connectivity index (χ1n) is 6.78. The van der Waals surface area contributed by atoms with Crippen LogP contribution < -0.4 is 19.5 Å². The van der Waals surface area contributed by atoms with Gasteiger partial charge in [-0.2, -0.15) is 0 Å². The molecule has 0 saturated heterocycles. The highest BCUT2D eigenvalue weighted by Gasteiger charge is 2.12. The van der Waals surface area contributed by atoms with Crippen molar-refractivity contribution in [3.05, 3.63) is 46.6 Å². The molecular weight excluding hydrogens is 304 g/mol. The van der Waals surface area contributed by atoms with Crippen LogP contribution in [0.4, 0.5) is 0 Å². The van der Waals surface area contributed by atoms with Crippen LogP contribution in [0, 0.1) is 0 Å². The number of benzene rings is 1. The second-order valence-corrected chi connectivity index (χ2v) is 4.96. The van der Waals surface area contributed by atoms with E-state index in [9.17, 15) is 0 Å². The Balaban J connectivity index is 1.99. The predicted octanol–water partition coefficient (Wildman–Crippen LogP) is 3.05. The van der Waals surface area contributed by atoms with Crippen molar-refractivity contribution in [1.82, 2.24) is 10.3 Å². The van der Waals surface area contributed by atoms with Crippen molar-refractivity contribution < 1.29 is 14.2 Å². The zero-order valence-electron chi connectivity index (χ0n) is 12.9. The highest BCUT2D eigenvalue weighted by molar-refractivity contribution is 6.33. The van der Waals surface area contributed by atoms with Crippen LogP contribution in [0.25, 0.3) is 0 Å². The summed E-state index contributed by atoms with van der Waals surface area (Å²) in [6, 6.07) is 7.56. The van der Waals surface area contributed by atoms with Crippen LogP contribution >= 0.6 is 11.6 Å². The lowest BCUT2D eigenvalue weighted by Crippen LogP contribution is -2.13. The van der Waals surface area contributed by atoms with Gasteiger partial charge in [0.05, 0.1) is 26.4 Å². The first-order valence-corrected chi connectivity index (χ1v) is 7.16. The molecular formula is C16H19ClN2O3. The van der Waals surface area contributed by atoms with E-state index in [1.165, 1.54) is 0 Å². The Morgan fingerprint density at radius 2 is 1.82 bits per heavy atom. The molecule has 1 aromatic carbocycles. The molecule has 0 aliphatic rings. The maximum absolute atomic E-state index is 6.34. The molecule has 0 spiro atoms. The fourth-order valence-electron chi connectivity index (χ4n) is 2.04. The molecule has 0 fully saturated rings. The summed E-state index contributed by atoms with van der Waals surface area (Å²) >= 11 is 6.34. The standard InChI is InChI=1S/C16H19ClN2O3/c1-20-13-6-5-12(15(17)16(13)22-3)10-18-8-11-4-7-14(21-2)19-9-11/h4-7,9,18H,8,10H2,1-3H3. The number of rotatable bonds is 7. The Morgan fingerprint density at radius 1 is 1.00 bits per heavy atom. The summed E-state index contributed by atoms with van der Waals surface area (Å²) in [7, 11) is 4.76. The third kappa shape index (κ3) is 3.81. The van der Waals surface area contributed by atoms with Crippen LogP contribution in [0.15, 0.2) is 30.5 Å². The molecule has 0 aliphatic heterocycles. The summed E-state index contributed by atoms with van der Waals surface area (Å²) < 4.78 is 15.5. The predicted molar refractivity (Wildman–Crippen MR) is 85.9 cm³/mol. The van der Waals surface area contributed by atoms with Crippen molar-refractivity contribution in [1.29, 1.82) is 0 Å². The van der Waals surface area contributed by atoms with Crippen LogP contribution in [0.3, 0.4) is 0 Å². The average molecular weight is 323 g/mol. The van der Waals surface area contributed by atoms with E-state index in [2.05, 4.69) is 10.3 Å². The molecule has 0 aliphatic carbocycles. The van der Waals surface area contributed by atoms with E-state index < -0.39 is 0 Å². The molecule has 0 saturated carbocycles. The van der Waals surface area contributed by atoms with Gasteiger partial charge in [-0.1, -0.05) is 23.7 Å². The zero-order valence-corrected chi connectivity index (χ0v) is 13.6. The van der Waals surface area contributed by atoms with Gasteiger partial charge in [-0.15, -0.1) is 0 Å². The Bertz CT molecular complexity index is 618. The van der Waals surface area contributed by atoms with Crippen molar-refractivity contribution in [3.8, 4) is 17.4 Å². The van der Waals surface area contributed by atoms with Gasteiger partial charge in [0.15, 0.2) is 11.5 Å². The van der Waals surface area contributed by atoms with Crippen molar-refractivity contribution in [2.24, 2.45) is 0 Å². The number of halogens is 1. The number of nitrogens with one attached hydrogen (secondary N) is 1. The Labute approximate surface area is 135 Å². The molecule has 118 valence electrons. The summed E-state index contributed by atoms with van der Waals surface area (Å²) in [6.45, 7) is 1.30. The highest BCUT2D eigenvalue weighted by Crippen LogP contribution is 2.37. The van der Waals surface area contributed by atoms with Gasteiger partial charge in [-0.25, -0.2) is 4.98 Å². The van der Waals surface area contributed by atoms with E-state index in [4.69, 9.17) is 25.8 Å². The average Bonchev–Trinajstić information content (AvgIpc) is 2.56. The largest absolute Gasteiger partial charge is 0.493 e. The smallest absolute Gasteiger partial charge is 0.212 e. The minimum absolute atomic E-state index is 0.551. The van der Waals surface area contributed by atoms with E-state index in [0.29, 0.717) is 35.5 Å². The second kappa shape index (κ2) is 7.87. The monoisotopic (exact) mass is 322 g/mol. The number of hydrogen-bond acceptors (Lipinski definition) is 5. The van der Waals surface area contributed by atoms with Crippen LogP contribution in [0.1, 0.15) is 11.1 Å². The Morgan fingerprint density at radius 3 is 2.41 bits per heavy atom. The molecule has 0 bridgehead atoms. The van der Waals surface area contributed by atoms with Crippen LogP contribution in [0.5, 0.6) is 17.4 Å². The number of methoxy groups -OCH3 is 3. The number of ether oxygens (including phenoxy) is 3. The third-order valence-corrected chi connectivity index (χ3v) is 3.63. The number of hydrogen-bond donors (Lipinski definition) is 1. The SMILES string of the molecule is COc1ccc(CNCc2ccc(OC)c(OC)c2Cl)cn1. The van der Waals surface area contributed by atoms with Crippen molar-refractivity contribution >= 4 is 11.6 Å². The second-order valence-electron chi connectivity index (χ2n) is 4.59. The minimum atomic E-state index is 0.551. The van der Waals surface area contributed by atoms with Crippen LogP contribution in [0.2, 0.25) is 5.02 Å². The van der Waals surface area contributed by atoms with E-state index >= 15 is 0 Å². The molecule has 0 atom stereocenters. The molecule has 5 nitrogen and oxygen atoms in total.